The molecule has 0 unspecified atom stereocenters. The number of benzene rings is 2. The molecule has 0 radical (unpaired) electrons. The first-order chi connectivity index (χ1) is 13.6. The lowest BCUT2D eigenvalue weighted by atomic mass is 10.2. The number of amides is 1. The lowest BCUT2D eigenvalue weighted by molar-refractivity contribution is -0.116. The molecule has 2 heterocycles. The van der Waals surface area contributed by atoms with Crippen LogP contribution in [0, 0.1) is 11.6 Å². The highest BCUT2D eigenvalue weighted by atomic mass is 32.1. The average molecular weight is 395 g/mol. The van der Waals surface area contributed by atoms with Crippen LogP contribution in [0.4, 0.5) is 14.5 Å². The number of carbonyl (C=O) groups excluding carboxylic acids is 1. The van der Waals surface area contributed by atoms with Crippen LogP contribution in [-0.2, 0) is 11.3 Å². The fraction of sp³-hybridized carbons (Fsp3) is 0.0476. The van der Waals surface area contributed by atoms with Crippen molar-refractivity contribution >= 4 is 22.9 Å². The maximum absolute atomic E-state index is 13.3. The van der Waals surface area contributed by atoms with Crippen LogP contribution in [0.15, 0.2) is 72.2 Å². The van der Waals surface area contributed by atoms with Crippen LogP contribution in [0.2, 0.25) is 0 Å². The van der Waals surface area contributed by atoms with E-state index in [4.69, 9.17) is 0 Å². The summed E-state index contributed by atoms with van der Waals surface area (Å²) in [5.41, 5.74) is 2.92. The summed E-state index contributed by atoms with van der Waals surface area (Å²) < 4.78 is 28.1. The van der Waals surface area contributed by atoms with Gasteiger partial charge in [-0.1, -0.05) is 30.3 Å². The number of hydrogen-bond acceptors (Lipinski definition) is 3. The number of nitrogens with zero attached hydrogens (tertiary/aromatic N) is 2. The van der Waals surface area contributed by atoms with E-state index in [9.17, 15) is 13.6 Å². The number of nitrogens with one attached hydrogen (secondary N) is 1. The van der Waals surface area contributed by atoms with Gasteiger partial charge in [-0.15, -0.1) is 11.3 Å². The molecule has 1 amide bonds. The summed E-state index contributed by atoms with van der Waals surface area (Å²) >= 11 is 1.50. The van der Waals surface area contributed by atoms with Gasteiger partial charge in [-0.25, -0.2) is 13.8 Å². The summed E-state index contributed by atoms with van der Waals surface area (Å²) in [6, 6.07) is 16.8. The Balaban J connectivity index is 1.51. The van der Waals surface area contributed by atoms with E-state index in [1.807, 2.05) is 47.8 Å². The maximum Gasteiger partial charge on any atom is 0.244 e. The van der Waals surface area contributed by atoms with E-state index in [1.54, 1.807) is 10.8 Å². The largest absolute Gasteiger partial charge is 0.336 e. The van der Waals surface area contributed by atoms with E-state index >= 15 is 0 Å². The van der Waals surface area contributed by atoms with Crippen LogP contribution >= 0.6 is 11.3 Å². The van der Waals surface area contributed by atoms with E-state index in [1.165, 1.54) is 17.4 Å². The Morgan fingerprint density at radius 1 is 1.04 bits per heavy atom. The quantitative estimate of drug-likeness (QED) is 0.505. The van der Waals surface area contributed by atoms with Crippen molar-refractivity contribution in [3.8, 4) is 22.0 Å². The van der Waals surface area contributed by atoms with Crippen molar-refractivity contribution in [1.82, 2.24) is 9.55 Å². The predicted molar refractivity (Wildman–Crippen MR) is 106 cm³/mol. The lowest BCUT2D eigenvalue weighted by Gasteiger charge is -2.09. The maximum atomic E-state index is 13.3. The van der Waals surface area contributed by atoms with Crippen molar-refractivity contribution in [2.24, 2.45) is 0 Å². The molecule has 1 N–H and O–H groups in total. The number of rotatable bonds is 5. The van der Waals surface area contributed by atoms with Gasteiger partial charge in [0.05, 0.1) is 11.4 Å². The molecule has 0 saturated carbocycles. The van der Waals surface area contributed by atoms with Gasteiger partial charge in [-0.3, -0.25) is 4.79 Å². The molecule has 7 heteroatoms. The van der Waals surface area contributed by atoms with Gasteiger partial charge in [-0.05, 0) is 24.3 Å². The fourth-order valence-electron chi connectivity index (χ4n) is 2.81. The van der Waals surface area contributed by atoms with E-state index in [2.05, 4.69) is 10.3 Å². The van der Waals surface area contributed by atoms with Crippen molar-refractivity contribution in [3.05, 3.63) is 83.9 Å². The van der Waals surface area contributed by atoms with Crippen LogP contribution in [-0.4, -0.2) is 15.5 Å². The zero-order valence-corrected chi connectivity index (χ0v) is 15.4. The third-order valence-electron chi connectivity index (χ3n) is 4.14. The van der Waals surface area contributed by atoms with E-state index < -0.39 is 11.6 Å². The molecule has 4 rings (SSSR count). The Bertz CT molecular complexity index is 1120. The van der Waals surface area contributed by atoms with E-state index in [0.717, 1.165) is 34.1 Å². The molecule has 0 fully saturated rings. The minimum atomic E-state index is -1.00. The standard InChI is InChI=1S/C21H15F2N3OS/c22-16-9-8-15(11-17(16)23)24-20(27)12-26-10-4-7-19(26)21-25-18(13-28-21)14-5-2-1-3-6-14/h1-11,13H,12H2,(H,24,27). The van der Waals surface area contributed by atoms with Crippen molar-refractivity contribution in [1.29, 1.82) is 0 Å². The van der Waals surface area contributed by atoms with Gasteiger partial charge >= 0.3 is 0 Å². The summed E-state index contributed by atoms with van der Waals surface area (Å²) in [4.78, 5) is 17.0. The normalized spacial score (nSPS) is 10.8. The summed E-state index contributed by atoms with van der Waals surface area (Å²) in [5.74, 6) is -2.30. The number of thiazole rings is 1. The van der Waals surface area contributed by atoms with Crippen molar-refractivity contribution in [2.75, 3.05) is 5.32 Å². The van der Waals surface area contributed by atoms with Crippen molar-refractivity contribution in [2.45, 2.75) is 6.54 Å². The molecule has 0 saturated heterocycles. The van der Waals surface area contributed by atoms with Crippen molar-refractivity contribution in [3.63, 3.8) is 0 Å². The molecular weight excluding hydrogens is 380 g/mol. The Hall–Kier alpha value is -3.32. The highest BCUT2D eigenvalue weighted by Gasteiger charge is 2.13. The van der Waals surface area contributed by atoms with Gasteiger partial charge < -0.3 is 9.88 Å². The minimum Gasteiger partial charge on any atom is -0.336 e. The zero-order chi connectivity index (χ0) is 19.5. The second-order valence-corrected chi connectivity index (χ2v) is 6.96. The van der Waals surface area contributed by atoms with Gasteiger partial charge in [0.2, 0.25) is 5.91 Å². The van der Waals surface area contributed by atoms with Crippen LogP contribution in [0.5, 0.6) is 0 Å². The van der Waals surface area contributed by atoms with E-state index in [0.29, 0.717) is 0 Å². The number of carbonyl (C=O) groups is 1. The molecule has 0 aliphatic carbocycles. The fourth-order valence-corrected chi connectivity index (χ4v) is 3.68. The Morgan fingerprint density at radius 2 is 1.86 bits per heavy atom. The third kappa shape index (κ3) is 3.84. The van der Waals surface area contributed by atoms with Gasteiger partial charge in [0.15, 0.2) is 11.6 Å². The summed E-state index contributed by atoms with van der Waals surface area (Å²) in [5, 5.41) is 5.35. The summed E-state index contributed by atoms with van der Waals surface area (Å²) in [6.07, 6.45) is 1.78. The molecule has 4 nitrogen and oxygen atoms in total. The number of hydrogen-bond donors (Lipinski definition) is 1. The smallest absolute Gasteiger partial charge is 0.244 e. The first-order valence-electron chi connectivity index (χ1n) is 8.51. The Kier molecular flexibility index (Phi) is 4.99. The summed E-state index contributed by atoms with van der Waals surface area (Å²) in [6.45, 7) is 0.0293. The second-order valence-electron chi connectivity index (χ2n) is 6.10. The van der Waals surface area contributed by atoms with Gasteiger partial charge in [0.1, 0.15) is 11.6 Å². The number of aromatic nitrogens is 2. The lowest BCUT2D eigenvalue weighted by Crippen LogP contribution is -2.18. The highest BCUT2D eigenvalue weighted by Crippen LogP contribution is 2.29. The molecule has 2 aromatic carbocycles. The van der Waals surface area contributed by atoms with Crippen LogP contribution in [0.3, 0.4) is 0 Å². The highest BCUT2D eigenvalue weighted by molar-refractivity contribution is 7.13. The third-order valence-corrected chi connectivity index (χ3v) is 5.00. The molecule has 0 bridgehead atoms. The molecule has 0 spiro atoms. The van der Waals surface area contributed by atoms with Gasteiger partial charge in [0.25, 0.3) is 0 Å². The van der Waals surface area contributed by atoms with Crippen LogP contribution in [0.1, 0.15) is 0 Å². The second kappa shape index (κ2) is 7.74. The molecule has 28 heavy (non-hydrogen) atoms. The average Bonchev–Trinajstić information content (AvgIpc) is 3.34. The predicted octanol–water partition coefficient (Wildman–Crippen LogP) is 5.20. The Morgan fingerprint density at radius 3 is 2.64 bits per heavy atom. The number of halogens is 2. The molecule has 140 valence electrons. The molecule has 4 aromatic rings. The number of anilines is 1. The van der Waals surface area contributed by atoms with Gasteiger partial charge in [-0.2, -0.15) is 0 Å². The van der Waals surface area contributed by atoms with Crippen LogP contribution in [0.25, 0.3) is 22.0 Å². The van der Waals surface area contributed by atoms with Crippen molar-refractivity contribution < 1.29 is 13.6 Å². The SMILES string of the molecule is O=C(Cn1cccc1-c1nc(-c2ccccc2)cs1)Nc1ccc(F)c(F)c1. The molecule has 0 atom stereocenters. The van der Waals surface area contributed by atoms with Crippen LogP contribution < -0.4 is 5.32 Å². The molecule has 0 aliphatic heterocycles. The monoisotopic (exact) mass is 395 g/mol. The summed E-state index contributed by atoms with van der Waals surface area (Å²) in [7, 11) is 0. The topological polar surface area (TPSA) is 46.9 Å². The molecular formula is C21H15F2N3OS. The van der Waals surface area contributed by atoms with E-state index in [-0.39, 0.29) is 18.1 Å². The molecule has 2 aromatic heterocycles. The first kappa shape index (κ1) is 18.1. The zero-order valence-electron chi connectivity index (χ0n) is 14.6. The molecule has 0 aliphatic rings. The minimum absolute atomic E-state index is 0.0293. The Labute approximate surface area is 164 Å². The first-order valence-corrected chi connectivity index (χ1v) is 9.39. The van der Waals surface area contributed by atoms with Gasteiger partial charge in [0, 0.05) is 28.9 Å².